The molecule has 0 spiro atoms. The highest BCUT2D eigenvalue weighted by Gasteiger charge is 2.22. The average Bonchev–Trinajstić information content (AvgIpc) is 2.75. The van der Waals surface area contributed by atoms with Gasteiger partial charge in [-0.15, -0.1) is 0 Å². The van der Waals surface area contributed by atoms with E-state index >= 15 is 0 Å². The van der Waals surface area contributed by atoms with Crippen molar-refractivity contribution >= 4 is 29.1 Å². The van der Waals surface area contributed by atoms with Crippen molar-refractivity contribution < 1.29 is 9.59 Å². The van der Waals surface area contributed by atoms with Gasteiger partial charge in [-0.1, -0.05) is 11.6 Å². The molecule has 110 valence electrons. The van der Waals surface area contributed by atoms with Crippen LogP contribution in [0.15, 0.2) is 18.2 Å². The SMILES string of the molecule is N#Cc1ccc(NC(=O)C(=O)N2CCCNCC2)cc1Cl. The molecule has 0 bridgehead atoms. The minimum absolute atomic E-state index is 0.238. The number of hydrogen-bond donors (Lipinski definition) is 2. The molecular formula is C14H15ClN4O2. The van der Waals surface area contributed by atoms with Crippen molar-refractivity contribution in [1.82, 2.24) is 10.2 Å². The van der Waals surface area contributed by atoms with Crippen LogP contribution in [0.4, 0.5) is 5.69 Å². The predicted molar refractivity (Wildman–Crippen MR) is 78.9 cm³/mol. The van der Waals surface area contributed by atoms with Crippen LogP contribution in [0.3, 0.4) is 0 Å². The summed E-state index contributed by atoms with van der Waals surface area (Å²) in [6, 6.07) is 6.42. The van der Waals surface area contributed by atoms with Gasteiger partial charge in [0.05, 0.1) is 10.6 Å². The molecule has 0 aromatic heterocycles. The van der Waals surface area contributed by atoms with Crippen molar-refractivity contribution in [2.45, 2.75) is 6.42 Å². The van der Waals surface area contributed by atoms with E-state index in [-0.39, 0.29) is 5.02 Å². The molecule has 1 saturated heterocycles. The number of nitriles is 1. The first kappa shape index (κ1) is 15.3. The van der Waals surface area contributed by atoms with E-state index in [1.165, 1.54) is 17.0 Å². The van der Waals surface area contributed by atoms with Crippen LogP contribution in [-0.2, 0) is 9.59 Å². The predicted octanol–water partition coefficient (Wildman–Crippen LogP) is 0.972. The van der Waals surface area contributed by atoms with E-state index in [9.17, 15) is 9.59 Å². The lowest BCUT2D eigenvalue weighted by atomic mass is 10.2. The van der Waals surface area contributed by atoms with Crippen molar-refractivity contribution in [3.63, 3.8) is 0 Å². The van der Waals surface area contributed by atoms with Crippen LogP contribution >= 0.6 is 11.6 Å². The van der Waals surface area contributed by atoms with Crippen molar-refractivity contribution in [1.29, 1.82) is 5.26 Å². The molecule has 2 amide bonds. The molecule has 2 rings (SSSR count). The highest BCUT2D eigenvalue weighted by atomic mass is 35.5. The Morgan fingerprint density at radius 1 is 1.33 bits per heavy atom. The number of carbonyl (C=O) groups excluding carboxylic acids is 2. The number of carbonyl (C=O) groups is 2. The molecule has 0 radical (unpaired) electrons. The number of benzene rings is 1. The Hall–Kier alpha value is -2.10. The van der Waals surface area contributed by atoms with Gasteiger partial charge in [-0.3, -0.25) is 9.59 Å². The molecular weight excluding hydrogens is 292 g/mol. The number of hydrogen-bond acceptors (Lipinski definition) is 4. The Morgan fingerprint density at radius 2 is 2.14 bits per heavy atom. The molecule has 2 N–H and O–H groups in total. The Labute approximate surface area is 127 Å². The van der Waals surface area contributed by atoms with Gasteiger partial charge in [0.2, 0.25) is 0 Å². The van der Waals surface area contributed by atoms with Crippen LogP contribution in [0.1, 0.15) is 12.0 Å². The van der Waals surface area contributed by atoms with Gasteiger partial charge in [0, 0.05) is 25.3 Å². The smallest absolute Gasteiger partial charge is 0.313 e. The second kappa shape index (κ2) is 7.07. The molecule has 0 aliphatic carbocycles. The summed E-state index contributed by atoms with van der Waals surface area (Å²) in [6.45, 7) is 2.60. The zero-order valence-corrected chi connectivity index (χ0v) is 12.1. The van der Waals surface area contributed by atoms with Crippen molar-refractivity contribution in [3.05, 3.63) is 28.8 Å². The first-order valence-corrected chi connectivity index (χ1v) is 7.00. The Bertz CT molecular complexity index is 589. The number of anilines is 1. The Kier molecular flexibility index (Phi) is 5.14. The second-order valence-corrected chi connectivity index (χ2v) is 5.06. The maximum atomic E-state index is 12.1. The van der Waals surface area contributed by atoms with E-state index in [4.69, 9.17) is 16.9 Å². The maximum Gasteiger partial charge on any atom is 0.313 e. The van der Waals surface area contributed by atoms with E-state index in [1.54, 1.807) is 6.07 Å². The molecule has 1 aromatic rings. The van der Waals surface area contributed by atoms with Crippen LogP contribution < -0.4 is 10.6 Å². The molecule has 6 nitrogen and oxygen atoms in total. The van der Waals surface area contributed by atoms with E-state index in [2.05, 4.69) is 10.6 Å². The summed E-state index contributed by atoms with van der Waals surface area (Å²) in [4.78, 5) is 25.6. The molecule has 1 fully saturated rings. The fraction of sp³-hybridized carbons (Fsp3) is 0.357. The number of rotatable bonds is 1. The minimum atomic E-state index is -0.697. The normalized spacial score (nSPS) is 15.0. The highest BCUT2D eigenvalue weighted by molar-refractivity contribution is 6.39. The van der Waals surface area contributed by atoms with Crippen LogP contribution in [0.25, 0.3) is 0 Å². The first-order valence-electron chi connectivity index (χ1n) is 6.62. The standard InChI is InChI=1S/C14H15ClN4O2/c15-12-8-11(3-2-10(12)9-16)18-13(20)14(21)19-6-1-4-17-5-7-19/h2-3,8,17H,1,4-7H2,(H,18,20). The van der Waals surface area contributed by atoms with Crippen LogP contribution in [0.2, 0.25) is 5.02 Å². The quantitative estimate of drug-likeness (QED) is 0.757. The highest BCUT2D eigenvalue weighted by Crippen LogP contribution is 2.20. The first-order chi connectivity index (χ1) is 10.1. The van der Waals surface area contributed by atoms with Gasteiger partial charge in [0.15, 0.2) is 0 Å². The van der Waals surface area contributed by atoms with Crippen molar-refractivity contribution in [3.8, 4) is 6.07 Å². The molecule has 0 atom stereocenters. The number of nitrogens with one attached hydrogen (secondary N) is 2. The van der Waals surface area contributed by atoms with Gasteiger partial charge >= 0.3 is 11.8 Å². The molecule has 1 aliphatic rings. The summed E-state index contributed by atoms with van der Waals surface area (Å²) in [5.74, 6) is -1.25. The number of halogens is 1. The van der Waals surface area contributed by atoms with Crippen molar-refractivity contribution in [2.24, 2.45) is 0 Å². The van der Waals surface area contributed by atoms with Gasteiger partial charge in [-0.25, -0.2) is 0 Å². The number of nitrogens with zero attached hydrogens (tertiary/aromatic N) is 2. The zero-order chi connectivity index (χ0) is 15.2. The van der Waals surface area contributed by atoms with E-state index < -0.39 is 11.8 Å². The monoisotopic (exact) mass is 306 g/mol. The Balaban J connectivity index is 2.02. The van der Waals surface area contributed by atoms with Crippen LogP contribution in [0, 0.1) is 11.3 Å². The lowest BCUT2D eigenvalue weighted by Gasteiger charge is -2.19. The average molecular weight is 307 g/mol. The topological polar surface area (TPSA) is 85.2 Å². The maximum absolute atomic E-state index is 12.1. The van der Waals surface area contributed by atoms with E-state index in [0.29, 0.717) is 30.9 Å². The fourth-order valence-corrected chi connectivity index (χ4v) is 2.28. The molecule has 1 aliphatic heterocycles. The molecule has 7 heteroatoms. The summed E-state index contributed by atoms with van der Waals surface area (Å²) in [5, 5.41) is 14.7. The largest absolute Gasteiger partial charge is 0.333 e. The lowest BCUT2D eigenvalue weighted by molar-refractivity contribution is -0.143. The third-order valence-electron chi connectivity index (χ3n) is 3.17. The summed E-state index contributed by atoms with van der Waals surface area (Å²) >= 11 is 5.89. The molecule has 0 saturated carbocycles. The van der Waals surface area contributed by atoms with Crippen LogP contribution in [-0.4, -0.2) is 42.9 Å². The van der Waals surface area contributed by atoms with Gasteiger partial charge in [0.1, 0.15) is 6.07 Å². The van der Waals surface area contributed by atoms with Gasteiger partial charge in [-0.2, -0.15) is 5.26 Å². The molecule has 1 heterocycles. The lowest BCUT2D eigenvalue weighted by Crippen LogP contribution is -2.41. The summed E-state index contributed by atoms with van der Waals surface area (Å²) in [7, 11) is 0. The molecule has 21 heavy (non-hydrogen) atoms. The molecule has 1 aromatic carbocycles. The third-order valence-corrected chi connectivity index (χ3v) is 3.48. The van der Waals surface area contributed by atoms with Crippen molar-refractivity contribution in [2.75, 3.05) is 31.5 Å². The zero-order valence-electron chi connectivity index (χ0n) is 11.4. The van der Waals surface area contributed by atoms with Gasteiger partial charge in [-0.05, 0) is 31.2 Å². The Morgan fingerprint density at radius 3 is 2.86 bits per heavy atom. The summed E-state index contributed by atoms with van der Waals surface area (Å²) in [5.41, 5.74) is 0.713. The second-order valence-electron chi connectivity index (χ2n) is 4.66. The number of amides is 2. The fourth-order valence-electron chi connectivity index (χ4n) is 2.06. The summed E-state index contributed by atoms with van der Waals surface area (Å²) < 4.78 is 0. The van der Waals surface area contributed by atoms with E-state index in [1.807, 2.05) is 6.07 Å². The molecule has 0 unspecified atom stereocenters. The minimum Gasteiger partial charge on any atom is -0.333 e. The van der Waals surface area contributed by atoms with Gasteiger partial charge in [0.25, 0.3) is 0 Å². The van der Waals surface area contributed by atoms with E-state index in [0.717, 1.165) is 13.0 Å². The summed E-state index contributed by atoms with van der Waals surface area (Å²) in [6.07, 6.45) is 0.821. The third kappa shape index (κ3) is 3.94. The van der Waals surface area contributed by atoms with Gasteiger partial charge < -0.3 is 15.5 Å². The van der Waals surface area contributed by atoms with Crippen LogP contribution in [0.5, 0.6) is 0 Å².